The highest BCUT2D eigenvalue weighted by Gasteiger charge is 2.12. The Morgan fingerprint density at radius 2 is 1.86 bits per heavy atom. The van der Waals surface area contributed by atoms with Crippen LogP contribution in [0.1, 0.15) is 36.2 Å². The molecule has 0 N–H and O–H groups in total. The third-order valence-corrected chi connectivity index (χ3v) is 5.75. The summed E-state index contributed by atoms with van der Waals surface area (Å²) in [5.74, 6) is 0.568. The molecule has 0 bridgehead atoms. The van der Waals surface area contributed by atoms with Gasteiger partial charge in [0.05, 0.1) is 17.1 Å². The minimum absolute atomic E-state index is 0.164. The molecule has 1 saturated heterocycles. The summed E-state index contributed by atoms with van der Waals surface area (Å²) in [5.41, 5.74) is 3.93. The van der Waals surface area contributed by atoms with E-state index in [2.05, 4.69) is 56.0 Å². The van der Waals surface area contributed by atoms with E-state index in [0.717, 1.165) is 28.7 Å². The van der Waals surface area contributed by atoms with Crippen LogP contribution in [-0.4, -0.2) is 29.0 Å². The van der Waals surface area contributed by atoms with Gasteiger partial charge in [-0.05, 0) is 74.6 Å². The second-order valence-electron chi connectivity index (χ2n) is 7.27. The Labute approximate surface area is 172 Å². The Bertz CT molecular complexity index is 1110. The molecular weight excluding hydrogens is 416 g/mol. The maximum absolute atomic E-state index is 12.9. The van der Waals surface area contributed by atoms with Gasteiger partial charge in [-0.15, -0.1) is 0 Å². The van der Waals surface area contributed by atoms with Crippen molar-refractivity contribution in [3.63, 3.8) is 0 Å². The van der Waals surface area contributed by atoms with Crippen LogP contribution in [0.15, 0.2) is 50.8 Å². The summed E-state index contributed by atoms with van der Waals surface area (Å²) < 4.78 is 2.22. The van der Waals surface area contributed by atoms with Gasteiger partial charge in [0.15, 0.2) is 0 Å². The van der Waals surface area contributed by atoms with Crippen LogP contribution in [0.4, 0.5) is 5.69 Å². The molecule has 5 nitrogen and oxygen atoms in total. The smallest absolute Gasteiger partial charge is 0.282 e. The van der Waals surface area contributed by atoms with Gasteiger partial charge in [0.1, 0.15) is 5.82 Å². The van der Waals surface area contributed by atoms with E-state index in [4.69, 9.17) is 0 Å². The van der Waals surface area contributed by atoms with Crippen LogP contribution in [0.3, 0.4) is 0 Å². The van der Waals surface area contributed by atoms with Gasteiger partial charge < -0.3 is 4.90 Å². The molecule has 0 saturated carbocycles. The lowest BCUT2D eigenvalue weighted by molar-refractivity contribution is 0.578. The fourth-order valence-electron chi connectivity index (χ4n) is 3.67. The number of hydrogen-bond acceptors (Lipinski definition) is 4. The van der Waals surface area contributed by atoms with Gasteiger partial charge in [0, 0.05) is 23.2 Å². The molecule has 6 heteroatoms. The first kappa shape index (κ1) is 18.9. The second-order valence-corrected chi connectivity index (χ2v) is 8.19. The van der Waals surface area contributed by atoms with E-state index >= 15 is 0 Å². The summed E-state index contributed by atoms with van der Waals surface area (Å²) in [7, 11) is 0. The summed E-state index contributed by atoms with van der Waals surface area (Å²) in [6, 6.07) is 11.9. The van der Waals surface area contributed by atoms with Gasteiger partial charge in [0.25, 0.3) is 5.56 Å². The van der Waals surface area contributed by atoms with Crippen LogP contribution < -0.4 is 10.5 Å². The molecule has 1 aliphatic rings. The van der Waals surface area contributed by atoms with Crippen LogP contribution in [0.25, 0.3) is 10.9 Å². The molecule has 144 valence electrons. The Morgan fingerprint density at radius 3 is 2.61 bits per heavy atom. The van der Waals surface area contributed by atoms with Crippen LogP contribution in [-0.2, 0) is 0 Å². The normalized spacial score (nSPS) is 14.9. The summed E-state index contributed by atoms with van der Waals surface area (Å²) >= 11 is 3.42. The summed E-state index contributed by atoms with van der Waals surface area (Å²) in [5, 5.41) is 5.00. The van der Waals surface area contributed by atoms with Crippen molar-refractivity contribution in [3.05, 3.63) is 68.2 Å². The van der Waals surface area contributed by atoms with E-state index in [9.17, 15) is 4.79 Å². The number of hydrogen-bond donors (Lipinski definition) is 0. The van der Waals surface area contributed by atoms with E-state index in [1.165, 1.54) is 29.6 Å². The molecule has 2 aromatic carbocycles. The van der Waals surface area contributed by atoms with Crippen molar-refractivity contribution in [3.8, 4) is 0 Å². The standard InChI is InChI=1S/C22H23BrN4O/c1-15-12-19(26-10-4-3-5-11-26)8-6-17(15)14-24-27-16(2)25-21-9-7-18(23)13-20(21)22(27)28/h6-9,12-14H,3-5,10-11H2,1-2H3. The number of halogens is 1. The maximum atomic E-state index is 12.9. The van der Waals surface area contributed by atoms with Crippen LogP contribution in [0.5, 0.6) is 0 Å². The SMILES string of the molecule is Cc1cc(N2CCCCC2)ccc1C=Nn1c(C)nc2ccc(Br)cc2c1=O. The summed E-state index contributed by atoms with van der Waals surface area (Å²) in [6.07, 6.45) is 5.59. The maximum Gasteiger partial charge on any atom is 0.282 e. The number of rotatable bonds is 3. The third kappa shape index (κ3) is 3.74. The van der Waals surface area contributed by atoms with E-state index in [1.807, 2.05) is 12.1 Å². The topological polar surface area (TPSA) is 50.5 Å². The van der Waals surface area contributed by atoms with Gasteiger partial charge >= 0.3 is 0 Å². The zero-order chi connectivity index (χ0) is 19.7. The van der Waals surface area contributed by atoms with Crippen molar-refractivity contribution in [1.29, 1.82) is 0 Å². The van der Waals surface area contributed by atoms with Gasteiger partial charge in [-0.1, -0.05) is 22.0 Å². The Balaban J connectivity index is 1.66. The number of anilines is 1. The molecule has 28 heavy (non-hydrogen) atoms. The predicted octanol–water partition coefficient (Wildman–Crippen LogP) is 4.65. The van der Waals surface area contributed by atoms with Crippen LogP contribution >= 0.6 is 15.9 Å². The van der Waals surface area contributed by atoms with Gasteiger partial charge in [0.2, 0.25) is 0 Å². The molecule has 4 rings (SSSR count). The molecule has 1 aliphatic heterocycles. The lowest BCUT2D eigenvalue weighted by Gasteiger charge is -2.29. The van der Waals surface area contributed by atoms with Crippen molar-refractivity contribution >= 4 is 38.7 Å². The van der Waals surface area contributed by atoms with E-state index in [-0.39, 0.29) is 5.56 Å². The number of aromatic nitrogens is 2. The third-order valence-electron chi connectivity index (χ3n) is 5.26. The lowest BCUT2D eigenvalue weighted by atomic mass is 10.1. The average molecular weight is 439 g/mol. The minimum atomic E-state index is -0.164. The van der Waals surface area contributed by atoms with Gasteiger partial charge in [-0.25, -0.2) is 4.98 Å². The fourth-order valence-corrected chi connectivity index (χ4v) is 4.03. The number of nitrogens with zero attached hydrogens (tertiary/aromatic N) is 4. The van der Waals surface area contributed by atoms with Gasteiger partial charge in [-0.2, -0.15) is 9.78 Å². The monoisotopic (exact) mass is 438 g/mol. The zero-order valence-corrected chi connectivity index (χ0v) is 17.7. The van der Waals surface area contributed by atoms with Crippen LogP contribution in [0, 0.1) is 13.8 Å². The highest BCUT2D eigenvalue weighted by atomic mass is 79.9. The molecule has 0 radical (unpaired) electrons. The molecular formula is C22H23BrN4O. The molecule has 1 aromatic heterocycles. The number of fused-ring (bicyclic) bond motifs is 1. The first-order valence-corrected chi connectivity index (χ1v) is 10.4. The van der Waals surface area contributed by atoms with E-state index < -0.39 is 0 Å². The quantitative estimate of drug-likeness (QED) is 0.559. The molecule has 0 amide bonds. The summed E-state index contributed by atoms with van der Waals surface area (Å²) in [6.45, 7) is 6.13. The average Bonchev–Trinajstić information content (AvgIpc) is 2.70. The van der Waals surface area contributed by atoms with Gasteiger partial charge in [-0.3, -0.25) is 4.79 Å². The van der Waals surface area contributed by atoms with Crippen molar-refractivity contribution in [2.75, 3.05) is 18.0 Å². The predicted molar refractivity (Wildman–Crippen MR) is 119 cm³/mol. The fraction of sp³-hybridized carbons (Fsp3) is 0.318. The Morgan fingerprint density at radius 1 is 1.07 bits per heavy atom. The lowest BCUT2D eigenvalue weighted by Crippen LogP contribution is -2.29. The Hall–Kier alpha value is -2.47. The molecule has 2 heterocycles. The first-order chi connectivity index (χ1) is 13.5. The zero-order valence-electron chi connectivity index (χ0n) is 16.2. The van der Waals surface area contributed by atoms with E-state index in [0.29, 0.717) is 16.7 Å². The number of benzene rings is 2. The van der Waals surface area contributed by atoms with Crippen molar-refractivity contribution < 1.29 is 0 Å². The highest BCUT2D eigenvalue weighted by Crippen LogP contribution is 2.22. The number of aryl methyl sites for hydroxylation is 2. The van der Waals surface area contributed by atoms with Crippen molar-refractivity contribution in [2.24, 2.45) is 5.10 Å². The molecule has 3 aromatic rings. The largest absolute Gasteiger partial charge is 0.372 e. The Kier molecular flexibility index (Phi) is 5.31. The molecule has 1 fully saturated rings. The minimum Gasteiger partial charge on any atom is -0.372 e. The summed E-state index contributed by atoms with van der Waals surface area (Å²) in [4.78, 5) is 19.8. The van der Waals surface area contributed by atoms with E-state index in [1.54, 1.807) is 19.2 Å². The van der Waals surface area contributed by atoms with Crippen molar-refractivity contribution in [1.82, 2.24) is 9.66 Å². The molecule has 0 spiro atoms. The number of piperidine rings is 1. The highest BCUT2D eigenvalue weighted by molar-refractivity contribution is 9.10. The molecule has 0 unspecified atom stereocenters. The first-order valence-electron chi connectivity index (χ1n) is 9.62. The van der Waals surface area contributed by atoms with Crippen LogP contribution in [0.2, 0.25) is 0 Å². The second kappa shape index (κ2) is 7.87. The molecule has 0 aliphatic carbocycles. The van der Waals surface area contributed by atoms with Crippen molar-refractivity contribution in [2.45, 2.75) is 33.1 Å². The molecule has 0 atom stereocenters.